The van der Waals surface area contributed by atoms with Gasteiger partial charge in [-0.15, -0.1) is 22.7 Å². The molecule has 0 bridgehead atoms. The van der Waals surface area contributed by atoms with Crippen molar-refractivity contribution in [3.63, 3.8) is 0 Å². The van der Waals surface area contributed by atoms with E-state index in [4.69, 9.17) is 0 Å². The van der Waals surface area contributed by atoms with Crippen LogP contribution in [-0.2, 0) is 13.1 Å². The maximum atomic E-state index is 12.0. The van der Waals surface area contributed by atoms with Gasteiger partial charge in [-0.3, -0.25) is 9.59 Å². The van der Waals surface area contributed by atoms with Crippen molar-refractivity contribution in [1.29, 1.82) is 0 Å². The first-order valence-corrected chi connectivity index (χ1v) is 8.16. The van der Waals surface area contributed by atoms with E-state index in [9.17, 15) is 9.59 Å². The summed E-state index contributed by atoms with van der Waals surface area (Å²) in [7, 11) is 0. The van der Waals surface area contributed by atoms with E-state index in [0.29, 0.717) is 13.1 Å². The molecule has 0 amide bonds. The average molecular weight is 397 g/mol. The van der Waals surface area contributed by atoms with Gasteiger partial charge in [0.1, 0.15) is 12.4 Å². The highest BCUT2D eigenvalue weighted by molar-refractivity contribution is 7.12. The Labute approximate surface area is 146 Å². The molecule has 0 aliphatic heterocycles. The summed E-state index contributed by atoms with van der Waals surface area (Å²) in [6.45, 7) is 0.585. The summed E-state index contributed by atoms with van der Waals surface area (Å²) in [4.78, 5) is 25.5. The highest BCUT2D eigenvalue weighted by Crippen LogP contribution is 2.11. The predicted molar refractivity (Wildman–Crippen MR) is 81.9 cm³/mol. The van der Waals surface area contributed by atoms with Crippen LogP contribution in [0.5, 0.6) is 0 Å². The molecule has 0 fully saturated rings. The number of thiophene rings is 2. The van der Waals surface area contributed by atoms with Crippen LogP contribution < -0.4 is 21.5 Å². The quantitative estimate of drug-likeness (QED) is 0.422. The molecular formula is C15H13BrN2O2S2. The van der Waals surface area contributed by atoms with E-state index in [-0.39, 0.29) is 28.5 Å². The van der Waals surface area contributed by atoms with Crippen molar-refractivity contribution in [3.8, 4) is 0 Å². The smallest absolute Gasteiger partial charge is 0.244 e. The zero-order chi connectivity index (χ0) is 14.7. The molecule has 22 heavy (non-hydrogen) atoms. The molecule has 0 unspecified atom stereocenters. The minimum atomic E-state index is 0. The summed E-state index contributed by atoms with van der Waals surface area (Å²) in [6.07, 6.45) is 5.41. The van der Waals surface area contributed by atoms with Crippen molar-refractivity contribution in [1.82, 2.24) is 4.57 Å². The molecule has 114 valence electrons. The average Bonchev–Trinajstić information content (AvgIpc) is 3.22. The first kappa shape index (κ1) is 16.8. The van der Waals surface area contributed by atoms with Crippen LogP contribution in [0.25, 0.3) is 0 Å². The third-order valence-electron chi connectivity index (χ3n) is 2.99. The number of ketones is 2. The standard InChI is InChI=1S/C15H13N2O2S2.BrH/c18-12(14-3-1-7-20-14)9-16-5-6-17(11-16)10-13(19)15-4-2-8-21-15;/h1-8,11H,9-10H2;1H/q+1;/p-1. The van der Waals surface area contributed by atoms with Gasteiger partial charge in [-0.1, -0.05) is 12.1 Å². The predicted octanol–water partition coefficient (Wildman–Crippen LogP) is -0.332. The molecule has 0 aliphatic carbocycles. The van der Waals surface area contributed by atoms with Crippen LogP contribution in [0.1, 0.15) is 19.3 Å². The number of hydrogen-bond acceptors (Lipinski definition) is 4. The van der Waals surface area contributed by atoms with Crippen LogP contribution in [-0.4, -0.2) is 16.1 Å². The Morgan fingerprint density at radius 3 is 2.27 bits per heavy atom. The van der Waals surface area contributed by atoms with Gasteiger partial charge in [0.25, 0.3) is 0 Å². The van der Waals surface area contributed by atoms with Crippen LogP contribution in [0.15, 0.2) is 53.7 Å². The Hall–Kier alpha value is -1.57. The van der Waals surface area contributed by atoms with Crippen molar-refractivity contribution in [2.45, 2.75) is 13.1 Å². The second kappa shape index (κ2) is 7.62. The van der Waals surface area contributed by atoms with E-state index >= 15 is 0 Å². The number of carbonyl (C=O) groups excluding carboxylic acids is 2. The topological polar surface area (TPSA) is 43.0 Å². The van der Waals surface area contributed by atoms with Crippen LogP contribution in [0.4, 0.5) is 0 Å². The lowest BCUT2D eigenvalue weighted by atomic mass is 10.3. The van der Waals surface area contributed by atoms with E-state index < -0.39 is 0 Å². The lowest BCUT2D eigenvalue weighted by Gasteiger charge is -1.95. The molecule has 3 heterocycles. The molecule has 0 radical (unpaired) electrons. The van der Waals surface area contributed by atoms with Crippen LogP contribution in [0.2, 0.25) is 0 Å². The molecule has 3 rings (SSSR count). The van der Waals surface area contributed by atoms with Gasteiger partial charge in [0.15, 0.2) is 13.1 Å². The van der Waals surface area contributed by atoms with E-state index in [1.54, 1.807) is 15.5 Å². The van der Waals surface area contributed by atoms with Gasteiger partial charge in [-0.25, -0.2) is 9.13 Å². The maximum Gasteiger partial charge on any atom is 0.244 e. The molecule has 0 saturated heterocycles. The van der Waals surface area contributed by atoms with E-state index in [1.165, 1.54) is 22.7 Å². The highest BCUT2D eigenvalue weighted by Gasteiger charge is 2.15. The molecule has 0 N–H and O–H groups in total. The van der Waals surface area contributed by atoms with Gasteiger partial charge in [0.05, 0.1) is 9.75 Å². The zero-order valence-corrected chi connectivity index (χ0v) is 14.7. The first-order valence-electron chi connectivity index (χ1n) is 6.40. The molecule has 4 nitrogen and oxygen atoms in total. The monoisotopic (exact) mass is 396 g/mol. The third-order valence-corrected chi connectivity index (χ3v) is 4.81. The minimum absolute atomic E-state index is 0. The van der Waals surface area contributed by atoms with Crippen molar-refractivity contribution < 1.29 is 31.1 Å². The summed E-state index contributed by atoms with van der Waals surface area (Å²) in [6, 6.07) is 7.39. The summed E-state index contributed by atoms with van der Waals surface area (Å²) in [5.74, 6) is 0.162. The SMILES string of the molecule is O=C(Cn1cc[n+](CC(=O)c2cccs2)c1)c1cccs1.[Br-]. The molecule has 0 saturated carbocycles. The van der Waals surface area contributed by atoms with Crippen LogP contribution >= 0.6 is 22.7 Å². The third kappa shape index (κ3) is 4.00. The van der Waals surface area contributed by atoms with Gasteiger partial charge in [0, 0.05) is 0 Å². The number of nitrogens with zero attached hydrogens (tertiary/aromatic N) is 2. The van der Waals surface area contributed by atoms with E-state index in [0.717, 1.165) is 9.75 Å². The number of Topliss-reactive ketones (excluding diaryl/α,β-unsaturated/α-hetero) is 2. The van der Waals surface area contributed by atoms with Gasteiger partial charge in [-0.2, -0.15) is 0 Å². The van der Waals surface area contributed by atoms with Crippen molar-refractivity contribution in [2.24, 2.45) is 0 Å². The molecule has 0 spiro atoms. The normalized spacial score (nSPS) is 10.2. The number of halogens is 1. The molecule has 3 aromatic heterocycles. The second-order valence-corrected chi connectivity index (χ2v) is 6.45. The van der Waals surface area contributed by atoms with Crippen LogP contribution in [0, 0.1) is 0 Å². The lowest BCUT2D eigenvalue weighted by Crippen LogP contribution is -3.00. The molecule has 7 heteroatoms. The van der Waals surface area contributed by atoms with E-state index in [1.807, 2.05) is 47.4 Å². The Kier molecular flexibility index (Phi) is 5.82. The zero-order valence-electron chi connectivity index (χ0n) is 11.5. The van der Waals surface area contributed by atoms with Crippen molar-refractivity contribution in [3.05, 3.63) is 63.5 Å². The summed E-state index contributed by atoms with van der Waals surface area (Å²) >= 11 is 2.89. The second-order valence-electron chi connectivity index (χ2n) is 4.56. The fourth-order valence-electron chi connectivity index (χ4n) is 1.99. The van der Waals surface area contributed by atoms with Gasteiger partial charge >= 0.3 is 0 Å². The largest absolute Gasteiger partial charge is 1.00 e. The molecule has 0 aromatic carbocycles. The molecule has 0 atom stereocenters. The maximum absolute atomic E-state index is 12.0. The van der Waals surface area contributed by atoms with Gasteiger partial charge in [-0.05, 0) is 22.9 Å². The number of carbonyl (C=O) groups is 2. The Bertz CT molecular complexity index is 686. The molecule has 0 aliphatic rings. The Balaban J connectivity index is 0.00000176. The molecule has 3 aromatic rings. The highest BCUT2D eigenvalue weighted by atomic mass is 79.9. The first-order chi connectivity index (χ1) is 10.2. The van der Waals surface area contributed by atoms with Crippen molar-refractivity contribution >= 4 is 34.2 Å². The fraction of sp³-hybridized carbons (Fsp3) is 0.133. The lowest BCUT2D eigenvalue weighted by molar-refractivity contribution is -0.682. The molecular weight excluding hydrogens is 384 g/mol. The minimum Gasteiger partial charge on any atom is -1.00 e. The number of hydrogen-bond donors (Lipinski definition) is 0. The number of rotatable bonds is 6. The summed E-state index contributed by atoms with van der Waals surface area (Å²) in [5, 5.41) is 3.78. The Morgan fingerprint density at radius 2 is 1.68 bits per heavy atom. The van der Waals surface area contributed by atoms with E-state index in [2.05, 4.69) is 0 Å². The summed E-state index contributed by atoms with van der Waals surface area (Å²) < 4.78 is 3.59. The summed E-state index contributed by atoms with van der Waals surface area (Å²) in [5.41, 5.74) is 0. The number of aromatic nitrogens is 2. The van der Waals surface area contributed by atoms with Gasteiger partial charge in [0.2, 0.25) is 17.9 Å². The van der Waals surface area contributed by atoms with Crippen LogP contribution in [0.3, 0.4) is 0 Å². The number of imidazole rings is 1. The fourth-order valence-corrected chi connectivity index (χ4v) is 3.30. The van der Waals surface area contributed by atoms with Crippen molar-refractivity contribution in [2.75, 3.05) is 0 Å². The van der Waals surface area contributed by atoms with Gasteiger partial charge < -0.3 is 17.0 Å². The Morgan fingerprint density at radius 1 is 1.05 bits per heavy atom.